The van der Waals surface area contributed by atoms with E-state index in [-0.39, 0.29) is 22.7 Å². The van der Waals surface area contributed by atoms with Gasteiger partial charge < -0.3 is 19.3 Å². The highest BCUT2D eigenvalue weighted by Crippen LogP contribution is 2.67. The summed E-state index contributed by atoms with van der Waals surface area (Å²) >= 11 is 0. The van der Waals surface area contributed by atoms with Crippen molar-refractivity contribution in [3.8, 4) is 0 Å². The number of ether oxygens (including phenoxy) is 3. The largest absolute Gasteiger partial charge is 0.365 e. The van der Waals surface area contributed by atoms with Crippen molar-refractivity contribution in [1.82, 2.24) is 0 Å². The lowest BCUT2D eigenvalue weighted by Gasteiger charge is -2.58. The highest BCUT2D eigenvalue weighted by Gasteiger charge is 2.65. The van der Waals surface area contributed by atoms with Crippen molar-refractivity contribution in [2.45, 2.75) is 77.3 Å². The number of carbonyl (C=O) groups is 1. The molecule has 5 heteroatoms. The van der Waals surface area contributed by atoms with Crippen molar-refractivity contribution in [2.24, 2.45) is 34.5 Å². The number of hydrogen-bond donors (Lipinski definition) is 1. The van der Waals surface area contributed by atoms with Crippen LogP contribution in [0.4, 0.5) is 0 Å². The van der Waals surface area contributed by atoms with Crippen molar-refractivity contribution in [3.05, 3.63) is 11.6 Å². The molecular formula is C24H36O5. The number of methoxy groups -OCH3 is 1. The first-order chi connectivity index (χ1) is 13.7. The zero-order valence-corrected chi connectivity index (χ0v) is 18.3. The Morgan fingerprint density at radius 3 is 2.59 bits per heavy atom. The summed E-state index contributed by atoms with van der Waals surface area (Å²) in [7, 11) is 1.58. The number of fused-ring (bicyclic) bond motifs is 5. The summed E-state index contributed by atoms with van der Waals surface area (Å²) in [6.07, 6.45) is 8.57. The van der Waals surface area contributed by atoms with E-state index in [2.05, 4.69) is 19.9 Å². The Kier molecular flexibility index (Phi) is 4.44. The summed E-state index contributed by atoms with van der Waals surface area (Å²) in [6.45, 7) is 7.67. The van der Waals surface area contributed by atoms with Gasteiger partial charge in [0.2, 0.25) is 0 Å². The minimum Gasteiger partial charge on any atom is -0.365 e. The SMILES string of the molecule is COC(C)(O)[C@H]1CC[C@H]2[C@@H]3CC=C4CC5(CC[C@]4(C)[C@H]3C(=O)C[C@]12C)OCCO5. The van der Waals surface area contributed by atoms with Crippen LogP contribution in [0.25, 0.3) is 0 Å². The molecule has 5 rings (SSSR count). The first-order valence-corrected chi connectivity index (χ1v) is 11.4. The maximum Gasteiger partial charge on any atom is 0.172 e. The number of Topliss-reactive ketones (excluding diaryl/α,β-unsaturated/α-hetero) is 1. The van der Waals surface area contributed by atoms with Gasteiger partial charge in [-0.1, -0.05) is 25.5 Å². The van der Waals surface area contributed by atoms with Gasteiger partial charge in [-0.2, -0.15) is 0 Å². The van der Waals surface area contributed by atoms with Gasteiger partial charge in [-0.3, -0.25) is 4.79 Å². The summed E-state index contributed by atoms with van der Waals surface area (Å²) < 4.78 is 17.5. The van der Waals surface area contributed by atoms with Gasteiger partial charge in [-0.25, -0.2) is 0 Å². The molecule has 1 aliphatic heterocycles. The van der Waals surface area contributed by atoms with Crippen molar-refractivity contribution >= 4 is 5.78 Å². The maximum absolute atomic E-state index is 13.7. The van der Waals surface area contributed by atoms with Gasteiger partial charge in [-0.15, -0.1) is 0 Å². The second-order valence-corrected chi connectivity index (χ2v) is 11.0. The number of rotatable bonds is 2. The van der Waals surface area contributed by atoms with Crippen LogP contribution in [0.1, 0.15) is 65.7 Å². The number of hydrogen-bond acceptors (Lipinski definition) is 5. The number of allylic oxidation sites excluding steroid dienone is 1. The fraction of sp³-hybridized carbons (Fsp3) is 0.875. The van der Waals surface area contributed by atoms with Crippen LogP contribution in [0, 0.1) is 34.5 Å². The molecule has 1 unspecified atom stereocenters. The zero-order valence-electron chi connectivity index (χ0n) is 18.3. The summed E-state index contributed by atoms with van der Waals surface area (Å²) in [5, 5.41) is 10.9. The molecule has 0 aromatic carbocycles. The molecule has 4 aliphatic carbocycles. The molecule has 0 radical (unpaired) electrons. The first-order valence-electron chi connectivity index (χ1n) is 11.4. The van der Waals surface area contributed by atoms with E-state index >= 15 is 0 Å². The highest BCUT2D eigenvalue weighted by atomic mass is 16.7. The predicted molar refractivity (Wildman–Crippen MR) is 108 cm³/mol. The molecule has 5 aliphatic rings. The van der Waals surface area contributed by atoms with Crippen LogP contribution in [-0.2, 0) is 19.0 Å². The Morgan fingerprint density at radius 2 is 1.90 bits per heavy atom. The van der Waals surface area contributed by atoms with E-state index < -0.39 is 11.6 Å². The smallest absolute Gasteiger partial charge is 0.172 e. The van der Waals surface area contributed by atoms with E-state index in [0.29, 0.717) is 37.3 Å². The molecule has 1 saturated heterocycles. The molecule has 1 spiro atoms. The first kappa shape index (κ1) is 20.2. The molecule has 7 atom stereocenters. The Labute approximate surface area is 174 Å². The van der Waals surface area contributed by atoms with E-state index in [1.54, 1.807) is 14.0 Å². The minimum absolute atomic E-state index is 0.00277. The van der Waals surface area contributed by atoms with Crippen molar-refractivity contribution < 1.29 is 24.1 Å². The lowest BCUT2D eigenvalue weighted by Crippen LogP contribution is -2.57. The van der Waals surface area contributed by atoms with Crippen molar-refractivity contribution in [2.75, 3.05) is 20.3 Å². The van der Waals surface area contributed by atoms with E-state index in [1.807, 2.05) is 0 Å². The summed E-state index contributed by atoms with van der Waals surface area (Å²) in [6, 6.07) is 0. The van der Waals surface area contributed by atoms with Gasteiger partial charge in [0.15, 0.2) is 11.6 Å². The molecule has 0 aromatic rings. The molecule has 3 saturated carbocycles. The molecule has 0 aromatic heterocycles. The van der Waals surface area contributed by atoms with E-state index in [1.165, 1.54) is 5.57 Å². The molecule has 4 fully saturated rings. The lowest BCUT2D eigenvalue weighted by molar-refractivity contribution is -0.234. The summed E-state index contributed by atoms with van der Waals surface area (Å²) in [4.78, 5) is 13.7. The van der Waals surface area contributed by atoms with E-state index in [9.17, 15) is 9.90 Å². The summed E-state index contributed by atoms with van der Waals surface area (Å²) in [5.74, 6) is -0.309. The normalized spacial score (nSPS) is 47.9. The fourth-order valence-corrected chi connectivity index (χ4v) is 8.20. The van der Waals surface area contributed by atoms with Crippen molar-refractivity contribution in [1.29, 1.82) is 0 Å². The Hall–Kier alpha value is -0.750. The number of carbonyl (C=O) groups excluding carboxylic acids is 1. The minimum atomic E-state index is -1.18. The van der Waals surface area contributed by atoms with Crippen LogP contribution in [0.2, 0.25) is 0 Å². The molecular weight excluding hydrogens is 368 g/mol. The Morgan fingerprint density at radius 1 is 1.17 bits per heavy atom. The van der Waals surface area contributed by atoms with E-state index in [4.69, 9.17) is 14.2 Å². The topological polar surface area (TPSA) is 65.0 Å². The standard InChI is InChI=1S/C24H36O5/c1-21-9-10-24(28-11-12-29-24)13-15(21)5-6-16-17-7-8-19(23(3,26)27-4)22(17,2)14-18(25)20(16)21/h5,16-17,19-20,26H,6-14H2,1-4H3/t16-,17-,19-,20+,21-,22-,23?/m0/s1. The second-order valence-electron chi connectivity index (χ2n) is 11.0. The van der Waals surface area contributed by atoms with Gasteiger partial charge in [0.05, 0.1) is 13.2 Å². The third-order valence-corrected chi connectivity index (χ3v) is 9.67. The quantitative estimate of drug-likeness (QED) is 0.560. The van der Waals surface area contributed by atoms with E-state index in [0.717, 1.165) is 38.5 Å². The Bertz CT molecular complexity index is 736. The van der Waals surface area contributed by atoms with Crippen LogP contribution >= 0.6 is 0 Å². The number of aliphatic hydroxyl groups is 1. The molecule has 1 N–H and O–H groups in total. The van der Waals surface area contributed by atoms with Crippen LogP contribution < -0.4 is 0 Å². The average Bonchev–Trinajstić information content (AvgIpc) is 3.26. The second kappa shape index (κ2) is 6.38. The fourth-order valence-electron chi connectivity index (χ4n) is 8.20. The molecule has 1 heterocycles. The van der Waals surface area contributed by atoms with Crippen LogP contribution in [0.5, 0.6) is 0 Å². The molecule has 5 nitrogen and oxygen atoms in total. The molecule has 0 amide bonds. The molecule has 162 valence electrons. The van der Waals surface area contributed by atoms with Gasteiger partial charge in [-0.05, 0) is 55.3 Å². The maximum atomic E-state index is 13.7. The monoisotopic (exact) mass is 404 g/mol. The molecule has 29 heavy (non-hydrogen) atoms. The summed E-state index contributed by atoms with van der Waals surface area (Å²) in [5.41, 5.74) is 1.11. The third-order valence-electron chi connectivity index (χ3n) is 9.67. The van der Waals surface area contributed by atoms with Gasteiger partial charge in [0, 0.05) is 38.2 Å². The lowest BCUT2D eigenvalue weighted by atomic mass is 9.46. The average molecular weight is 405 g/mol. The third kappa shape index (κ3) is 2.70. The predicted octanol–water partition coefficient (Wildman–Crippen LogP) is 3.84. The van der Waals surface area contributed by atoms with Gasteiger partial charge in [0.25, 0.3) is 0 Å². The molecule has 0 bridgehead atoms. The zero-order chi connectivity index (χ0) is 20.7. The highest BCUT2D eigenvalue weighted by molar-refractivity contribution is 5.85. The Balaban J connectivity index is 1.48. The van der Waals surface area contributed by atoms with Crippen LogP contribution in [0.15, 0.2) is 11.6 Å². The van der Waals surface area contributed by atoms with Crippen LogP contribution in [-0.4, -0.2) is 42.8 Å². The van der Waals surface area contributed by atoms with Crippen molar-refractivity contribution in [3.63, 3.8) is 0 Å². The van der Waals surface area contributed by atoms with Gasteiger partial charge in [0.1, 0.15) is 5.78 Å². The number of ketones is 1. The van der Waals surface area contributed by atoms with Gasteiger partial charge >= 0.3 is 0 Å². The van der Waals surface area contributed by atoms with Crippen LogP contribution in [0.3, 0.4) is 0 Å².